The van der Waals surface area contributed by atoms with E-state index in [0.717, 1.165) is 5.56 Å². The van der Waals surface area contributed by atoms with Gasteiger partial charge in [0, 0.05) is 6.42 Å². The first kappa shape index (κ1) is 32.7. The average Bonchev–Trinajstić information content (AvgIpc) is 2.93. The quantitative estimate of drug-likeness (QED) is 0.115. The van der Waals surface area contributed by atoms with Crippen LogP contribution in [0.2, 0.25) is 0 Å². The summed E-state index contributed by atoms with van der Waals surface area (Å²) in [6, 6.07) is 9.75. The number of carbonyl (C=O) groups excluding carboxylic acids is 3. The highest BCUT2D eigenvalue weighted by atomic mass is 16.4. The summed E-state index contributed by atoms with van der Waals surface area (Å²) in [6.45, 7) is 0.363. The number of phenols is 1. The Labute approximate surface area is 237 Å². The van der Waals surface area contributed by atoms with Crippen molar-refractivity contribution in [1.82, 2.24) is 16.0 Å². The van der Waals surface area contributed by atoms with Crippen LogP contribution in [0.5, 0.6) is 5.75 Å². The van der Waals surface area contributed by atoms with Gasteiger partial charge in [-0.2, -0.15) is 0 Å². The number of nitrogens with two attached hydrogens (primary N) is 2. The number of carbonyl (C=O) groups is 5. The summed E-state index contributed by atoms with van der Waals surface area (Å²) in [4.78, 5) is 62.0. The lowest BCUT2D eigenvalue weighted by Crippen LogP contribution is -2.58. The molecule has 222 valence electrons. The molecule has 2 aromatic carbocycles. The zero-order valence-corrected chi connectivity index (χ0v) is 22.5. The zero-order valence-electron chi connectivity index (χ0n) is 22.5. The third-order valence-corrected chi connectivity index (χ3v) is 6.22. The van der Waals surface area contributed by atoms with Crippen LogP contribution in [0, 0.1) is 0 Å². The van der Waals surface area contributed by atoms with Crippen LogP contribution in [0.4, 0.5) is 0 Å². The number of benzene rings is 2. The number of hydrogen-bond acceptors (Lipinski definition) is 8. The number of phenolic OH excluding ortho intramolecular Hbond substituents is 1. The van der Waals surface area contributed by atoms with Crippen LogP contribution in [0.1, 0.15) is 36.8 Å². The molecular formula is C28H37N5O8. The van der Waals surface area contributed by atoms with E-state index >= 15 is 0 Å². The van der Waals surface area contributed by atoms with E-state index in [1.54, 1.807) is 0 Å². The van der Waals surface area contributed by atoms with E-state index in [1.807, 2.05) is 30.3 Å². The number of hydrogen-bond donors (Lipinski definition) is 8. The standard InChI is InChI=1S/C28H37N5O8/c29-13-5-4-8-21(31-25(37)20(30)14-17-6-2-1-3-7-17)26(38)32-22(15-18-9-11-19(34)12-10-18)27(39)33-23(28(40)41)16-24(35)36/h1-3,6-7,9-12,20-23,34H,4-5,8,13-16,29-30H2,(H,31,37)(H,32,38)(H,33,39)(H,35,36)(H,40,41). The second-order valence-electron chi connectivity index (χ2n) is 9.57. The lowest BCUT2D eigenvalue weighted by Gasteiger charge is -2.25. The fourth-order valence-corrected chi connectivity index (χ4v) is 4.00. The Morgan fingerprint density at radius 2 is 1.27 bits per heavy atom. The first-order valence-electron chi connectivity index (χ1n) is 13.1. The summed E-state index contributed by atoms with van der Waals surface area (Å²) in [5.41, 5.74) is 13.0. The molecule has 0 aromatic heterocycles. The maximum Gasteiger partial charge on any atom is 0.326 e. The van der Waals surface area contributed by atoms with Crippen LogP contribution >= 0.6 is 0 Å². The summed E-state index contributed by atoms with van der Waals surface area (Å²) in [6.07, 6.45) is 0.485. The topological polar surface area (TPSA) is 234 Å². The highest BCUT2D eigenvalue weighted by Crippen LogP contribution is 2.13. The fourth-order valence-electron chi connectivity index (χ4n) is 4.00. The Morgan fingerprint density at radius 3 is 1.85 bits per heavy atom. The van der Waals surface area contributed by atoms with Crippen LogP contribution in [0.15, 0.2) is 54.6 Å². The minimum atomic E-state index is -1.74. The Bertz CT molecular complexity index is 1180. The fraction of sp³-hybridized carbons (Fsp3) is 0.393. The van der Waals surface area contributed by atoms with Gasteiger partial charge in [-0.3, -0.25) is 19.2 Å². The first-order chi connectivity index (χ1) is 19.5. The maximum absolute atomic E-state index is 13.4. The molecule has 0 saturated carbocycles. The van der Waals surface area contributed by atoms with Crippen molar-refractivity contribution in [2.45, 2.75) is 62.7 Å². The van der Waals surface area contributed by atoms with E-state index in [-0.39, 0.29) is 25.0 Å². The number of unbranched alkanes of at least 4 members (excludes halogenated alkanes) is 1. The molecule has 13 nitrogen and oxygen atoms in total. The van der Waals surface area contributed by atoms with Crippen molar-refractivity contribution in [2.75, 3.05) is 6.54 Å². The first-order valence-corrected chi connectivity index (χ1v) is 13.1. The van der Waals surface area contributed by atoms with Crippen molar-refractivity contribution in [3.63, 3.8) is 0 Å². The lowest BCUT2D eigenvalue weighted by atomic mass is 10.0. The molecule has 2 aromatic rings. The number of aliphatic carboxylic acids is 2. The summed E-state index contributed by atoms with van der Waals surface area (Å²) < 4.78 is 0. The van der Waals surface area contributed by atoms with E-state index in [2.05, 4.69) is 16.0 Å². The van der Waals surface area contributed by atoms with Gasteiger partial charge in [0.05, 0.1) is 12.5 Å². The molecule has 0 aliphatic heterocycles. The molecule has 0 radical (unpaired) electrons. The van der Waals surface area contributed by atoms with Gasteiger partial charge in [-0.15, -0.1) is 0 Å². The molecule has 10 N–H and O–H groups in total. The number of amides is 3. The number of carboxylic acid groups (broad SMARTS) is 2. The van der Waals surface area contributed by atoms with E-state index in [1.165, 1.54) is 24.3 Å². The van der Waals surface area contributed by atoms with Gasteiger partial charge in [0.1, 0.15) is 23.9 Å². The third kappa shape index (κ3) is 11.6. The summed E-state index contributed by atoms with van der Waals surface area (Å²) in [7, 11) is 0. The Kier molecular flexibility index (Phi) is 13.2. The average molecular weight is 572 g/mol. The van der Waals surface area contributed by atoms with E-state index in [0.29, 0.717) is 24.9 Å². The zero-order chi connectivity index (χ0) is 30.4. The summed E-state index contributed by atoms with van der Waals surface area (Å²) >= 11 is 0. The van der Waals surface area contributed by atoms with Crippen LogP contribution < -0.4 is 27.4 Å². The molecule has 13 heteroatoms. The van der Waals surface area contributed by atoms with Crippen LogP contribution in [0.25, 0.3) is 0 Å². The number of nitrogens with one attached hydrogen (secondary N) is 3. The minimum Gasteiger partial charge on any atom is -0.508 e. The van der Waals surface area contributed by atoms with Gasteiger partial charge in [0.15, 0.2) is 0 Å². The van der Waals surface area contributed by atoms with Crippen molar-refractivity contribution < 1.29 is 39.3 Å². The third-order valence-electron chi connectivity index (χ3n) is 6.22. The SMILES string of the molecule is NCCCCC(NC(=O)C(N)Cc1ccccc1)C(=O)NC(Cc1ccc(O)cc1)C(=O)NC(CC(=O)O)C(=O)O. The lowest BCUT2D eigenvalue weighted by molar-refractivity contribution is -0.147. The van der Waals surface area contributed by atoms with Crippen molar-refractivity contribution in [1.29, 1.82) is 0 Å². The molecule has 0 fully saturated rings. The molecule has 4 unspecified atom stereocenters. The van der Waals surface area contributed by atoms with Crippen LogP contribution in [-0.2, 0) is 36.8 Å². The summed E-state index contributed by atoms with van der Waals surface area (Å²) in [5.74, 6) is -5.25. The van der Waals surface area contributed by atoms with Crippen molar-refractivity contribution in [2.24, 2.45) is 11.5 Å². The van der Waals surface area contributed by atoms with Gasteiger partial charge in [-0.25, -0.2) is 4.79 Å². The molecule has 0 aliphatic rings. The molecule has 3 amide bonds. The molecule has 0 saturated heterocycles. The predicted molar refractivity (Wildman–Crippen MR) is 149 cm³/mol. The highest BCUT2D eigenvalue weighted by molar-refractivity contribution is 5.94. The van der Waals surface area contributed by atoms with Gasteiger partial charge in [0.2, 0.25) is 17.7 Å². The van der Waals surface area contributed by atoms with Gasteiger partial charge < -0.3 is 42.7 Å². The molecule has 0 aliphatic carbocycles. The van der Waals surface area contributed by atoms with E-state index < -0.39 is 60.2 Å². The molecule has 4 atom stereocenters. The van der Waals surface area contributed by atoms with E-state index in [9.17, 15) is 34.2 Å². The number of carboxylic acids is 2. The Balaban J connectivity index is 2.23. The van der Waals surface area contributed by atoms with Crippen molar-refractivity contribution in [3.05, 3.63) is 65.7 Å². The smallest absolute Gasteiger partial charge is 0.326 e. The number of aromatic hydroxyl groups is 1. The second-order valence-corrected chi connectivity index (χ2v) is 9.57. The molecular weight excluding hydrogens is 534 g/mol. The van der Waals surface area contributed by atoms with E-state index in [4.69, 9.17) is 16.6 Å². The summed E-state index contributed by atoms with van der Waals surface area (Å²) in [5, 5.41) is 35.3. The number of rotatable bonds is 17. The van der Waals surface area contributed by atoms with Crippen molar-refractivity contribution in [3.8, 4) is 5.75 Å². The highest BCUT2D eigenvalue weighted by Gasteiger charge is 2.31. The normalized spacial score (nSPS) is 13.7. The second kappa shape index (κ2) is 16.6. The maximum atomic E-state index is 13.4. The monoisotopic (exact) mass is 571 g/mol. The molecule has 0 heterocycles. The molecule has 0 bridgehead atoms. The van der Waals surface area contributed by atoms with Crippen LogP contribution in [-0.4, -0.2) is 75.7 Å². The van der Waals surface area contributed by atoms with Crippen molar-refractivity contribution >= 4 is 29.7 Å². The Hall–Kier alpha value is -4.49. The molecule has 41 heavy (non-hydrogen) atoms. The molecule has 0 spiro atoms. The van der Waals surface area contributed by atoms with Gasteiger partial charge in [0.25, 0.3) is 0 Å². The minimum absolute atomic E-state index is 0.0271. The van der Waals surface area contributed by atoms with Gasteiger partial charge in [-0.1, -0.05) is 42.5 Å². The van der Waals surface area contributed by atoms with Crippen LogP contribution in [0.3, 0.4) is 0 Å². The largest absolute Gasteiger partial charge is 0.508 e. The predicted octanol–water partition coefficient (Wildman–Crippen LogP) is -0.353. The van der Waals surface area contributed by atoms with Gasteiger partial charge in [-0.05, 0) is 55.5 Å². The molecule has 2 rings (SSSR count). The Morgan fingerprint density at radius 1 is 0.707 bits per heavy atom. The van der Waals surface area contributed by atoms with Gasteiger partial charge >= 0.3 is 11.9 Å².